The molecule has 98 valence electrons. The lowest BCUT2D eigenvalue weighted by molar-refractivity contribution is -0.132. The number of hydrogen-bond donors (Lipinski definition) is 1. The van der Waals surface area contributed by atoms with Crippen LogP contribution in [0.25, 0.3) is 0 Å². The van der Waals surface area contributed by atoms with Gasteiger partial charge in [-0.1, -0.05) is 12.1 Å². The van der Waals surface area contributed by atoms with E-state index in [0.717, 1.165) is 9.87 Å². The van der Waals surface area contributed by atoms with Crippen LogP contribution in [0.2, 0.25) is 0 Å². The lowest BCUT2D eigenvalue weighted by atomic mass is 10.1. The Morgan fingerprint density at radius 3 is 2.28 bits per heavy atom. The molecule has 0 saturated carbocycles. The Hall–Kier alpha value is -1.56. The van der Waals surface area contributed by atoms with E-state index in [2.05, 4.69) is 0 Å². The fourth-order valence-electron chi connectivity index (χ4n) is 1.89. The van der Waals surface area contributed by atoms with E-state index >= 15 is 0 Å². The number of carbonyl (C=O) groups is 1. The van der Waals surface area contributed by atoms with Crippen LogP contribution in [-0.4, -0.2) is 29.9 Å². The molecule has 1 aliphatic heterocycles. The van der Waals surface area contributed by atoms with Crippen LogP contribution in [0.15, 0.2) is 24.3 Å². The molecule has 0 bridgehead atoms. The molecule has 2 rings (SSSR count). The molecule has 0 aliphatic carbocycles. The molecule has 1 aromatic rings. The summed E-state index contributed by atoms with van der Waals surface area (Å²) >= 11 is 0. The Balaban J connectivity index is 2.05. The third-order valence-electron chi connectivity index (χ3n) is 3.26. The molecule has 0 atom stereocenters. The van der Waals surface area contributed by atoms with Crippen LogP contribution >= 0.6 is 0 Å². The third-order valence-corrected chi connectivity index (χ3v) is 5.65. The first-order valence-corrected chi connectivity index (χ1v) is 7.12. The molecule has 0 spiro atoms. The predicted octanol–water partition coefficient (Wildman–Crippen LogP) is 0.762. The lowest BCUT2D eigenvalue weighted by Gasteiger charge is -2.43. The van der Waals surface area contributed by atoms with Crippen LogP contribution < -0.4 is 5.73 Å². The van der Waals surface area contributed by atoms with E-state index in [9.17, 15) is 13.2 Å². The molecule has 6 heteroatoms. The maximum Gasteiger partial charge on any atom is 0.258 e. The highest BCUT2D eigenvalue weighted by molar-refractivity contribution is 7.94. The molecule has 18 heavy (non-hydrogen) atoms. The highest BCUT2D eigenvalue weighted by atomic mass is 32.2. The van der Waals surface area contributed by atoms with E-state index in [1.807, 2.05) is 12.1 Å². The summed E-state index contributed by atoms with van der Waals surface area (Å²) in [7, 11) is -3.47. The van der Waals surface area contributed by atoms with E-state index in [1.54, 1.807) is 12.1 Å². The summed E-state index contributed by atoms with van der Waals surface area (Å²) in [6.45, 7) is 3.06. The molecular weight excluding hydrogens is 252 g/mol. The van der Waals surface area contributed by atoms with E-state index in [-0.39, 0.29) is 12.5 Å². The number of nitrogens with two attached hydrogens (primary N) is 1. The van der Waals surface area contributed by atoms with Gasteiger partial charge in [0.15, 0.2) is 4.75 Å². The van der Waals surface area contributed by atoms with Crippen LogP contribution in [-0.2, 0) is 21.2 Å². The minimum atomic E-state index is -3.47. The maximum absolute atomic E-state index is 11.8. The molecule has 0 radical (unpaired) electrons. The van der Waals surface area contributed by atoms with Crippen molar-refractivity contribution in [3.05, 3.63) is 29.8 Å². The molecule has 2 N–H and O–H groups in total. The Bertz CT molecular complexity index is 576. The Kier molecular flexibility index (Phi) is 2.85. The molecule has 1 saturated heterocycles. The number of benzene rings is 1. The number of nitrogens with zero attached hydrogens (tertiary/aromatic N) is 1. The zero-order chi connectivity index (χ0) is 13.6. The van der Waals surface area contributed by atoms with Crippen molar-refractivity contribution in [1.82, 2.24) is 4.31 Å². The zero-order valence-corrected chi connectivity index (χ0v) is 11.2. The summed E-state index contributed by atoms with van der Waals surface area (Å²) in [6.07, 6.45) is 0.501. The van der Waals surface area contributed by atoms with Gasteiger partial charge in [-0.25, -0.2) is 12.7 Å². The van der Waals surface area contributed by atoms with Crippen LogP contribution in [0, 0.1) is 0 Å². The van der Waals surface area contributed by atoms with Gasteiger partial charge < -0.3 is 5.73 Å². The molecule has 1 aromatic carbocycles. The molecule has 1 amide bonds. The van der Waals surface area contributed by atoms with Crippen molar-refractivity contribution in [3.8, 4) is 0 Å². The lowest BCUT2D eigenvalue weighted by Crippen LogP contribution is -2.67. The van der Waals surface area contributed by atoms with Crippen molar-refractivity contribution in [2.24, 2.45) is 0 Å². The van der Waals surface area contributed by atoms with Crippen molar-refractivity contribution < 1.29 is 13.2 Å². The second kappa shape index (κ2) is 3.98. The van der Waals surface area contributed by atoms with Gasteiger partial charge in [0.25, 0.3) is 15.9 Å². The number of nitrogen functional groups attached to an aromatic ring is 1. The van der Waals surface area contributed by atoms with Gasteiger partial charge in [-0.15, -0.1) is 0 Å². The second-order valence-corrected chi connectivity index (χ2v) is 7.30. The number of rotatable bonds is 3. The van der Waals surface area contributed by atoms with Crippen molar-refractivity contribution in [3.63, 3.8) is 0 Å². The summed E-state index contributed by atoms with van der Waals surface area (Å²) in [4.78, 5) is 11.7. The number of sulfonamides is 1. The molecule has 0 aromatic heterocycles. The molecular formula is C12H16N2O3S. The van der Waals surface area contributed by atoms with E-state index in [1.165, 1.54) is 13.8 Å². The standard InChI is InChI=1S/C12H16N2O3S/c1-12(2)11(15)14(18(12,16)17)8-7-9-3-5-10(13)6-4-9/h3-6H,7-8,13H2,1-2H3. The van der Waals surface area contributed by atoms with Gasteiger partial charge in [-0.05, 0) is 38.0 Å². The first-order chi connectivity index (χ1) is 8.26. The average molecular weight is 268 g/mol. The van der Waals surface area contributed by atoms with E-state index in [0.29, 0.717) is 12.1 Å². The van der Waals surface area contributed by atoms with Gasteiger partial charge in [-0.3, -0.25) is 4.79 Å². The van der Waals surface area contributed by atoms with Crippen LogP contribution in [0.1, 0.15) is 19.4 Å². The van der Waals surface area contributed by atoms with Crippen LogP contribution in [0.4, 0.5) is 5.69 Å². The maximum atomic E-state index is 11.8. The highest BCUT2D eigenvalue weighted by Gasteiger charge is 2.59. The number of carbonyl (C=O) groups excluding carboxylic acids is 1. The van der Waals surface area contributed by atoms with Gasteiger partial charge in [0.2, 0.25) is 0 Å². The summed E-state index contributed by atoms with van der Waals surface area (Å²) < 4.78 is 23.4. The summed E-state index contributed by atoms with van der Waals surface area (Å²) in [5, 5.41) is 0. The molecule has 1 fully saturated rings. The Morgan fingerprint density at radius 1 is 1.22 bits per heavy atom. The minimum Gasteiger partial charge on any atom is -0.399 e. The number of anilines is 1. The van der Waals surface area contributed by atoms with Gasteiger partial charge >= 0.3 is 0 Å². The fourth-order valence-corrected chi connectivity index (χ4v) is 3.42. The van der Waals surface area contributed by atoms with Crippen molar-refractivity contribution in [2.45, 2.75) is 25.0 Å². The molecule has 5 nitrogen and oxygen atoms in total. The van der Waals surface area contributed by atoms with E-state index < -0.39 is 14.8 Å². The summed E-state index contributed by atoms with van der Waals surface area (Å²) in [5.41, 5.74) is 7.18. The number of amides is 1. The SMILES string of the molecule is CC1(C)C(=O)N(CCc2ccc(N)cc2)S1(=O)=O. The Labute approximate surface area is 107 Å². The normalized spacial score (nSPS) is 20.6. The zero-order valence-electron chi connectivity index (χ0n) is 10.4. The first-order valence-electron chi connectivity index (χ1n) is 5.68. The van der Waals surface area contributed by atoms with Gasteiger partial charge in [0, 0.05) is 12.2 Å². The van der Waals surface area contributed by atoms with Crippen LogP contribution in [0.5, 0.6) is 0 Å². The summed E-state index contributed by atoms with van der Waals surface area (Å²) in [5.74, 6) is -0.335. The summed E-state index contributed by atoms with van der Waals surface area (Å²) in [6, 6.07) is 7.17. The number of hydrogen-bond acceptors (Lipinski definition) is 4. The topological polar surface area (TPSA) is 80.5 Å². The molecule has 1 heterocycles. The monoisotopic (exact) mass is 268 g/mol. The Morgan fingerprint density at radius 2 is 1.78 bits per heavy atom. The average Bonchev–Trinajstić information content (AvgIpc) is 2.31. The smallest absolute Gasteiger partial charge is 0.258 e. The van der Waals surface area contributed by atoms with E-state index in [4.69, 9.17) is 5.73 Å². The van der Waals surface area contributed by atoms with Crippen molar-refractivity contribution >= 4 is 21.6 Å². The van der Waals surface area contributed by atoms with Gasteiger partial charge in [0.1, 0.15) is 0 Å². The largest absolute Gasteiger partial charge is 0.399 e. The fraction of sp³-hybridized carbons (Fsp3) is 0.417. The highest BCUT2D eigenvalue weighted by Crippen LogP contribution is 2.34. The van der Waals surface area contributed by atoms with Gasteiger partial charge in [0.05, 0.1) is 0 Å². The minimum absolute atomic E-state index is 0.189. The predicted molar refractivity (Wildman–Crippen MR) is 69.3 cm³/mol. The van der Waals surface area contributed by atoms with Crippen molar-refractivity contribution in [1.29, 1.82) is 0 Å². The first kappa shape index (κ1) is 12.9. The second-order valence-electron chi connectivity index (χ2n) is 4.88. The van der Waals surface area contributed by atoms with Gasteiger partial charge in [-0.2, -0.15) is 0 Å². The quantitative estimate of drug-likeness (QED) is 0.821. The third kappa shape index (κ3) is 1.77. The molecule has 1 aliphatic rings. The molecule has 0 unspecified atom stereocenters. The van der Waals surface area contributed by atoms with Crippen LogP contribution in [0.3, 0.4) is 0 Å². The van der Waals surface area contributed by atoms with Crippen molar-refractivity contribution in [2.75, 3.05) is 12.3 Å².